The minimum Gasteiger partial charge on any atom is -0.497 e. The Morgan fingerprint density at radius 2 is 1.10 bits per heavy atom. The predicted molar refractivity (Wildman–Crippen MR) is 301 cm³/mol. The molecular weight excluding hydrogens is 1080 g/mol. The summed E-state index contributed by atoms with van der Waals surface area (Å²) in [6, 6.07) is 30.2. The van der Waals surface area contributed by atoms with Gasteiger partial charge in [-0.3, -0.25) is 9.36 Å². The van der Waals surface area contributed by atoms with E-state index in [1.807, 2.05) is 81.2 Å². The van der Waals surface area contributed by atoms with Gasteiger partial charge in [-0.05, 0) is 96.5 Å². The van der Waals surface area contributed by atoms with Crippen LogP contribution in [0.3, 0.4) is 0 Å². The molecule has 0 aliphatic heterocycles. The van der Waals surface area contributed by atoms with E-state index in [4.69, 9.17) is 14.7 Å². The van der Waals surface area contributed by atoms with Crippen LogP contribution < -0.4 is 10.1 Å². The molecule has 0 atom stereocenters. The van der Waals surface area contributed by atoms with Crippen LogP contribution in [0.1, 0.15) is 22.4 Å². The number of aromatic nitrogens is 23. The van der Waals surface area contributed by atoms with Crippen LogP contribution in [0.4, 0.5) is 13.2 Å². The van der Waals surface area contributed by atoms with Gasteiger partial charge in [0.15, 0.2) is 16.9 Å². The molecule has 25 nitrogen and oxygen atoms in total. The van der Waals surface area contributed by atoms with Crippen molar-refractivity contribution in [3.05, 3.63) is 188 Å². The summed E-state index contributed by atoms with van der Waals surface area (Å²) in [6.07, 6.45) is 16.6. The quantitative estimate of drug-likeness (QED) is 0.120. The van der Waals surface area contributed by atoms with Crippen molar-refractivity contribution < 1.29 is 17.9 Å². The lowest BCUT2D eigenvalue weighted by Crippen LogP contribution is -2.17. The van der Waals surface area contributed by atoms with Crippen molar-refractivity contribution in [2.24, 2.45) is 7.05 Å². The van der Waals surface area contributed by atoms with Crippen LogP contribution in [-0.2, 0) is 39.8 Å². The first-order valence-corrected chi connectivity index (χ1v) is 26.1. The number of halogens is 3. The number of hydrogen-bond donors (Lipinski definition) is 1. The molecule has 14 aromatic heterocycles. The van der Waals surface area contributed by atoms with Gasteiger partial charge in [0.2, 0.25) is 16.9 Å². The highest BCUT2D eigenvalue weighted by molar-refractivity contribution is 5.72. The lowest BCUT2D eigenvalue weighted by molar-refractivity contribution is -0.142. The van der Waals surface area contributed by atoms with Gasteiger partial charge in [0.1, 0.15) is 12.3 Å². The van der Waals surface area contributed by atoms with E-state index in [0.29, 0.717) is 64.8 Å². The summed E-state index contributed by atoms with van der Waals surface area (Å²) in [5, 5.41) is 40.2. The summed E-state index contributed by atoms with van der Waals surface area (Å²) in [5.74, 6) is 0.805. The monoisotopic (exact) mass is 1130 g/mol. The zero-order valence-electron chi connectivity index (χ0n) is 45.0. The molecule has 28 heteroatoms. The van der Waals surface area contributed by atoms with Gasteiger partial charge in [-0.2, -0.15) is 28.5 Å². The second-order valence-electron chi connectivity index (χ2n) is 19.4. The van der Waals surface area contributed by atoms with Crippen LogP contribution in [0.2, 0.25) is 0 Å². The second kappa shape index (κ2) is 22.1. The number of ether oxygens (including phenoxy) is 1. The molecule has 0 bridgehead atoms. The molecule has 1 aromatic carbocycles. The van der Waals surface area contributed by atoms with E-state index < -0.39 is 12.7 Å². The van der Waals surface area contributed by atoms with Gasteiger partial charge in [0, 0.05) is 90.4 Å². The first-order chi connectivity index (χ1) is 40.9. The fourth-order valence-electron chi connectivity index (χ4n) is 9.45. The van der Waals surface area contributed by atoms with Crippen molar-refractivity contribution in [1.29, 1.82) is 0 Å². The summed E-state index contributed by atoms with van der Waals surface area (Å²) in [6.45, 7) is 1.17. The maximum absolute atomic E-state index is 12.5. The van der Waals surface area contributed by atoms with E-state index in [9.17, 15) is 13.2 Å². The fourth-order valence-corrected chi connectivity index (χ4v) is 9.45. The standard InChI is InChI=1S/C20H16N6O.C19H19N9.C17H12F3N9/c1-27-17-8-5-15(6-9-17)18-11-21-19-20(22-18)26(24-23-19)13-14-4-7-16-3-2-10-25(16)12-14;1-20-8-16-6-5-15-4-3-13(10-27(15)16)11-28-19-18(24-25-28)21-9-17(23-19)14-7-22-26(2)12-14;18-17(19,20)10-27-9-12(5-23-27)14-6-21-15-16(24-14)29(26-25-15)8-11-1-2-13-3-4-22-28(13)7-11/h2-12H,13H2,1H3;3-7,9-10,12,20H,8,11H2,1-2H3;1-7,9H,8,10H2. The van der Waals surface area contributed by atoms with E-state index in [0.717, 1.165) is 72.7 Å². The first-order valence-electron chi connectivity index (χ1n) is 26.1. The highest BCUT2D eigenvalue weighted by Crippen LogP contribution is 2.25. The lowest BCUT2D eigenvalue weighted by Gasteiger charge is -2.07. The molecule has 0 spiro atoms. The smallest absolute Gasteiger partial charge is 0.408 e. The molecule has 0 aliphatic carbocycles. The van der Waals surface area contributed by atoms with Gasteiger partial charge in [0.25, 0.3) is 0 Å². The summed E-state index contributed by atoms with van der Waals surface area (Å²) < 4.78 is 56.6. The topological polar surface area (TPSA) is 252 Å². The highest BCUT2D eigenvalue weighted by Gasteiger charge is 2.28. The van der Waals surface area contributed by atoms with Crippen molar-refractivity contribution in [3.63, 3.8) is 0 Å². The van der Waals surface area contributed by atoms with Crippen molar-refractivity contribution in [1.82, 2.24) is 118 Å². The average Bonchev–Trinajstić information content (AvgIpc) is 4.53. The minimum absolute atomic E-state index is 0.344. The Morgan fingerprint density at radius 3 is 1.69 bits per heavy atom. The number of fused-ring (bicyclic) bond motifs is 6. The van der Waals surface area contributed by atoms with Crippen molar-refractivity contribution in [2.75, 3.05) is 14.2 Å². The fraction of sp³-hybridized carbons (Fsp3) is 0.161. The maximum atomic E-state index is 12.5. The number of hydrogen-bond acceptors (Lipinski definition) is 17. The molecule has 0 radical (unpaired) electrons. The molecule has 15 aromatic rings. The number of nitrogens with zero attached hydrogens (tertiary/aromatic N) is 23. The molecule has 0 amide bonds. The zero-order chi connectivity index (χ0) is 57.3. The number of pyridine rings is 3. The zero-order valence-corrected chi connectivity index (χ0v) is 45.0. The van der Waals surface area contributed by atoms with E-state index in [-0.39, 0.29) is 0 Å². The average molecular weight is 1130 g/mol. The molecule has 15 rings (SSSR count). The van der Waals surface area contributed by atoms with Gasteiger partial charge in [-0.25, -0.2) is 48.5 Å². The Bertz CT molecular complexity index is 4790. The number of alkyl halides is 3. The molecular formula is C56H47F3N24O. The van der Waals surface area contributed by atoms with Crippen LogP contribution in [0.5, 0.6) is 5.75 Å². The summed E-state index contributed by atoms with van der Waals surface area (Å²) >= 11 is 0. The molecule has 84 heavy (non-hydrogen) atoms. The van der Waals surface area contributed by atoms with Crippen LogP contribution in [0.15, 0.2) is 165 Å². The second-order valence-corrected chi connectivity index (χ2v) is 19.4. The third-order valence-corrected chi connectivity index (χ3v) is 13.5. The van der Waals surface area contributed by atoms with Gasteiger partial charge >= 0.3 is 6.18 Å². The summed E-state index contributed by atoms with van der Waals surface area (Å²) in [4.78, 5) is 27.0. The summed E-state index contributed by atoms with van der Waals surface area (Å²) in [7, 11) is 5.47. The number of rotatable bonds is 13. The Morgan fingerprint density at radius 1 is 0.536 bits per heavy atom. The van der Waals surface area contributed by atoms with Crippen molar-refractivity contribution >= 4 is 50.4 Å². The Labute approximate surface area is 472 Å². The van der Waals surface area contributed by atoms with Gasteiger partial charge in [-0.15, -0.1) is 15.3 Å². The molecule has 0 unspecified atom stereocenters. The van der Waals surface area contributed by atoms with Gasteiger partial charge in [0.05, 0.1) is 80.3 Å². The number of methoxy groups -OCH3 is 1. The number of nitrogens with one attached hydrogen (secondary N) is 1. The largest absolute Gasteiger partial charge is 0.497 e. The summed E-state index contributed by atoms with van der Waals surface area (Å²) in [5.41, 5.74) is 15.0. The van der Waals surface area contributed by atoms with Gasteiger partial charge in [-0.1, -0.05) is 33.8 Å². The lowest BCUT2D eigenvalue weighted by atomic mass is 10.1. The van der Waals surface area contributed by atoms with E-state index in [1.54, 1.807) is 55.1 Å². The third-order valence-electron chi connectivity index (χ3n) is 13.5. The molecule has 0 aliphatic rings. The van der Waals surface area contributed by atoms with Crippen molar-refractivity contribution in [2.45, 2.75) is 38.9 Å². The Balaban J connectivity index is 0.000000118. The van der Waals surface area contributed by atoms with Crippen LogP contribution in [0, 0.1) is 0 Å². The molecule has 0 fully saturated rings. The minimum atomic E-state index is -4.35. The normalized spacial score (nSPS) is 11.7. The Hall–Kier alpha value is -11.2. The molecule has 0 saturated heterocycles. The van der Waals surface area contributed by atoms with Crippen molar-refractivity contribution in [3.8, 4) is 39.5 Å². The third kappa shape index (κ3) is 11.0. The molecule has 14 heterocycles. The maximum Gasteiger partial charge on any atom is 0.408 e. The SMILES string of the molecule is CNCc1ccc2ccc(Cn3nnc4ncc(-c5cnn(C)c5)nc43)cn12.COc1ccc(-c2cnc3nnn(Cc4ccc5cccn5c4)c3n2)cc1.FC(F)(F)Cn1cc(-c2cnc3nnn(Cc4ccc5ccnn5c4)c3n2)cn1. The van der Waals surface area contributed by atoms with Crippen LogP contribution in [0.25, 0.3) is 84.2 Å². The molecule has 1 N–H and O–H groups in total. The predicted octanol–water partition coefficient (Wildman–Crippen LogP) is 7.18. The Kier molecular flexibility index (Phi) is 13.7. The van der Waals surface area contributed by atoms with Gasteiger partial charge < -0.3 is 18.9 Å². The molecule has 0 saturated carbocycles. The van der Waals surface area contributed by atoms with Crippen LogP contribution >= 0.6 is 0 Å². The number of aryl methyl sites for hydroxylation is 1. The first kappa shape index (κ1) is 52.2. The van der Waals surface area contributed by atoms with E-state index in [1.165, 1.54) is 24.3 Å². The highest BCUT2D eigenvalue weighted by atomic mass is 19.4. The van der Waals surface area contributed by atoms with E-state index in [2.05, 4.69) is 135 Å². The molecule has 418 valence electrons. The van der Waals surface area contributed by atoms with E-state index >= 15 is 0 Å². The van der Waals surface area contributed by atoms with Crippen LogP contribution in [-0.4, -0.2) is 133 Å². The number of benzene rings is 1.